The van der Waals surface area contributed by atoms with E-state index in [4.69, 9.17) is 4.74 Å². The van der Waals surface area contributed by atoms with E-state index in [2.05, 4.69) is 0 Å². The lowest BCUT2D eigenvalue weighted by atomic mass is 9.84. The van der Waals surface area contributed by atoms with Gasteiger partial charge in [0, 0.05) is 5.41 Å². The van der Waals surface area contributed by atoms with Gasteiger partial charge >= 0.3 is 0 Å². The van der Waals surface area contributed by atoms with Crippen molar-refractivity contribution in [2.45, 2.75) is 13.8 Å². The quantitative estimate of drug-likeness (QED) is 0.591. The first-order chi connectivity index (χ1) is 5.55. The maximum Gasteiger partial charge on any atom is 0.106 e. The van der Waals surface area contributed by atoms with E-state index in [1.54, 1.807) is 26.0 Å². The highest BCUT2D eigenvalue weighted by molar-refractivity contribution is 5.76. The van der Waals surface area contributed by atoms with Gasteiger partial charge in [-0.1, -0.05) is 19.9 Å². The van der Waals surface area contributed by atoms with Crippen molar-refractivity contribution in [3.63, 3.8) is 0 Å². The lowest BCUT2D eigenvalue weighted by Gasteiger charge is -2.28. The topological polar surface area (TPSA) is 49.4 Å². The molecule has 0 N–H and O–H groups in total. The Hall–Kier alpha value is -1.25. The highest BCUT2D eigenvalue weighted by Gasteiger charge is 2.24. The van der Waals surface area contributed by atoms with Crippen molar-refractivity contribution in [3.8, 4) is 0 Å². The van der Waals surface area contributed by atoms with Gasteiger partial charge in [-0.2, -0.15) is 0 Å². The third kappa shape index (κ3) is 1.49. The molecule has 0 saturated heterocycles. The van der Waals surface area contributed by atoms with Gasteiger partial charge in [0.25, 0.3) is 0 Å². The van der Waals surface area contributed by atoms with E-state index in [0.717, 1.165) is 0 Å². The molecule has 1 aliphatic rings. The van der Waals surface area contributed by atoms with Crippen molar-refractivity contribution in [1.82, 2.24) is 0 Å². The molecular formula is C9H11O3-. The zero-order chi connectivity index (χ0) is 9.19. The summed E-state index contributed by atoms with van der Waals surface area (Å²) in [6, 6.07) is 0. The summed E-state index contributed by atoms with van der Waals surface area (Å²) in [5, 5.41) is 10.7. The van der Waals surface area contributed by atoms with Crippen molar-refractivity contribution >= 4 is 5.97 Å². The van der Waals surface area contributed by atoms with Crippen molar-refractivity contribution in [2.75, 3.05) is 6.61 Å². The van der Waals surface area contributed by atoms with Crippen molar-refractivity contribution in [2.24, 2.45) is 5.41 Å². The molecule has 0 aromatic heterocycles. The zero-order valence-electron chi connectivity index (χ0n) is 7.16. The third-order valence-corrected chi connectivity index (χ3v) is 1.93. The number of allylic oxidation sites excluding steroid dienone is 1. The van der Waals surface area contributed by atoms with E-state index in [1.807, 2.05) is 0 Å². The van der Waals surface area contributed by atoms with Crippen molar-refractivity contribution in [3.05, 3.63) is 24.0 Å². The van der Waals surface area contributed by atoms with Crippen LogP contribution in [-0.2, 0) is 9.53 Å². The van der Waals surface area contributed by atoms with Gasteiger partial charge in [-0.3, -0.25) is 0 Å². The lowest BCUT2D eigenvalue weighted by Crippen LogP contribution is -2.39. The van der Waals surface area contributed by atoms with E-state index < -0.39 is 11.4 Å². The maximum atomic E-state index is 10.7. The molecule has 0 aromatic rings. The van der Waals surface area contributed by atoms with Crippen LogP contribution in [0.5, 0.6) is 0 Å². The first kappa shape index (κ1) is 8.84. The number of carbonyl (C=O) groups is 1. The van der Waals surface area contributed by atoms with Crippen LogP contribution >= 0.6 is 0 Å². The van der Waals surface area contributed by atoms with Crippen LogP contribution in [0.25, 0.3) is 0 Å². The number of aliphatic carboxylic acids is 1. The van der Waals surface area contributed by atoms with Gasteiger partial charge in [0.1, 0.15) is 6.61 Å². The summed E-state index contributed by atoms with van der Waals surface area (Å²) in [4.78, 5) is 10.7. The van der Waals surface area contributed by atoms with Crippen LogP contribution in [0.15, 0.2) is 24.0 Å². The minimum absolute atomic E-state index is 0.507. The minimum atomic E-state index is -1.09. The SMILES string of the molecule is CC(C)(C(=O)[O-])C1=COCC=C1. The number of ether oxygens (including phenoxy) is 1. The second kappa shape index (κ2) is 3.01. The summed E-state index contributed by atoms with van der Waals surface area (Å²) in [6.07, 6.45) is 5.00. The average molecular weight is 167 g/mol. The van der Waals surface area contributed by atoms with Gasteiger partial charge in [-0.25, -0.2) is 0 Å². The Morgan fingerprint density at radius 3 is 2.75 bits per heavy atom. The molecule has 0 radical (unpaired) electrons. The molecule has 0 saturated carbocycles. The zero-order valence-corrected chi connectivity index (χ0v) is 7.16. The number of rotatable bonds is 2. The highest BCUT2D eigenvalue weighted by Crippen LogP contribution is 2.27. The molecule has 1 heterocycles. The van der Waals surface area contributed by atoms with Crippen LogP contribution in [0.1, 0.15) is 13.8 Å². The highest BCUT2D eigenvalue weighted by atomic mass is 16.5. The minimum Gasteiger partial charge on any atom is -0.549 e. The fourth-order valence-corrected chi connectivity index (χ4v) is 0.881. The summed E-state index contributed by atoms with van der Waals surface area (Å²) in [6.45, 7) is 3.69. The second-order valence-corrected chi connectivity index (χ2v) is 3.22. The summed E-state index contributed by atoms with van der Waals surface area (Å²) in [5.41, 5.74) is -0.342. The van der Waals surface area contributed by atoms with E-state index in [0.29, 0.717) is 12.2 Å². The van der Waals surface area contributed by atoms with Crippen LogP contribution in [0, 0.1) is 5.41 Å². The summed E-state index contributed by atoms with van der Waals surface area (Å²) in [5.74, 6) is -1.09. The van der Waals surface area contributed by atoms with Crippen LogP contribution in [0.3, 0.4) is 0 Å². The molecular weight excluding hydrogens is 156 g/mol. The molecule has 0 atom stereocenters. The lowest BCUT2D eigenvalue weighted by molar-refractivity contribution is -0.315. The second-order valence-electron chi connectivity index (χ2n) is 3.22. The molecule has 3 heteroatoms. The van der Waals surface area contributed by atoms with Crippen molar-refractivity contribution < 1.29 is 14.6 Å². The van der Waals surface area contributed by atoms with E-state index >= 15 is 0 Å². The standard InChI is InChI=1S/C9H12O3/c1-9(2,8(10)11)7-4-3-5-12-6-7/h3-4,6H,5H2,1-2H3,(H,10,11)/p-1. The molecule has 1 rings (SSSR count). The van der Waals surface area contributed by atoms with Crippen LogP contribution < -0.4 is 5.11 Å². The van der Waals surface area contributed by atoms with Crippen molar-refractivity contribution in [1.29, 1.82) is 0 Å². The smallest absolute Gasteiger partial charge is 0.106 e. The van der Waals surface area contributed by atoms with Gasteiger partial charge in [-0.15, -0.1) is 0 Å². The number of hydrogen-bond donors (Lipinski definition) is 0. The summed E-state index contributed by atoms with van der Waals surface area (Å²) in [7, 11) is 0. The fraction of sp³-hybridized carbons (Fsp3) is 0.444. The number of carboxylic acids is 1. The predicted molar refractivity (Wildman–Crippen MR) is 42.0 cm³/mol. The number of carboxylic acid groups (broad SMARTS) is 1. The molecule has 66 valence electrons. The van der Waals surface area contributed by atoms with Crippen LogP contribution in [0.4, 0.5) is 0 Å². The molecule has 0 spiro atoms. The fourth-order valence-electron chi connectivity index (χ4n) is 0.881. The molecule has 3 nitrogen and oxygen atoms in total. The molecule has 0 unspecified atom stereocenters. The first-order valence-corrected chi connectivity index (χ1v) is 3.75. The Bertz CT molecular complexity index is 248. The number of carbonyl (C=O) groups excluding carboxylic acids is 1. The third-order valence-electron chi connectivity index (χ3n) is 1.93. The van der Waals surface area contributed by atoms with Crippen LogP contribution in [0.2, 0.25) is 0 Å². The Morgan fingerprint density at radius 2 is 2.33 bits per heavy atom. The van der Waals surface area contributed by atoms with Gasteiger partial charge < -0.3 is 14.6 Å². The Kier molecular flexibility index (Phi) is 2.22. The molecule has 0 aromatic carbocycles. The molecule has 0 fully saturated rings. The Morgan fingerprint density at radius 1 is 1.67 bits per heavy atom. The normalized spacial score (nSPS) is 16.7. The molecule has 0 bridgehead atoms. The summed E-state index contributed by atoms with van der Waals surface area (Å²) < 4.78 is 4.98. The number of hydrogen-bond acceptors (Lipinski definition) is 3. The average Bonchev–Trinajstić information content (AvgIpc) is 2.06. The van der Waals surface area contributed by atoms with Gasteiger partial charge in [0.2, 0.25) is 0 Å². The summed E-state index contributed by atoms with van der Waals surface area (Å²) >= 11 is 0. The van der Waals surface area contributed by atoms with Gasteiger partial charge in [0.05, 0.1) is 12.2 Å². The largest absolute Gasteiger partial charge is 0.549 e. The van der Waals surface area contributed by atoms with E-state index in [9.17, 15) is 9.90 Å². The van der Waals surface area contributed by atoms with Crippen LogP contribution in [-0.4, -0.2) is 12.6 Å². The molecule has 1 aliphatic heterocycles. The monoisotopic (exact) mass is 167 g/mol. The maximum absolute atomic E-state index is 10.7. The van der Waals surface area contributed by atoms with Gasteiger partial charge in [-0.05, 0) is 11.6 Å². The molecule has 0 aliphatic carbocycles. The molecule has 12 heavy (non-hydrogen) atoms. The molecule has 0 amide bonds. The first-order valence-electron chi connectivity index (χ1n) is 3.75. The Balaban J connectivity index is 2.88. The predicted octanol–water partition coefficient (Wildman–Crippen LogP) is 0.233. The Labute approximate surface area is 71.3 Å². The van der Waals surface area contributed by atoms with Gasteiger partial charge in [0.15, 0.2) is 0 Å². The van der Waals surface area contributed by atoms with E-state index in [-0.39, 0.29) is 0 Å². The van der Waals surface area contributed by atoms with E-state index in [1.165, 1.54) is 6.26 Å².